The number of esters is 1. The highest BCUT2D eigenvalue weighted by Crippen LogP contribution is 2.38. The van der Waals surface area contributed by atoms with Crippen molar-refractivity contribution in [2.45, 2.75) is 45.6 Å². The van der Waals surface area contributed by atoms with Crippen molar-refractivity contribution in [1.82, 2.24) is 0 Å². The summed E-state index contributed by atoms with van der Waals surface area (Å²) in [5.41, 5.74) is 1.85. The standard InChI is InChI=1S/C22H25NO5S/c1-13(2)28-22(27)18-17(14-8-4-3-5-9-14)12-29-20(18)23-19(24)15-10-6-7-11-16(15)21(25)26/h3-5,8-9,12-13,15-16H,6-7,10-11H2,1-2H3,(H,23,24)(H,25,26)/t15-,16+/m1/s1. The molecule has 1 aliphatic carbocycles. The molecule has 0 bridgehead atoms. The maximum absolute atomic E-state index is 12.9. The average Bonchev–Trinajstić information content (AvgIpc) is 3.11. The second-order valence-corrected chi connectivity index (χ2v) is 8.38. The Balaban J connectivity index is 1.92. The molecule has 0 aliphatic heterocycles. The first kappa shape index (κ1) is 21.0. The second-order valence-electron chi connectivity index (χ2n) is 7.50. The smallest absolute Gasteiger partial charge is 0.342 e. The first-order valence-electron chi connectivity index (χ1n) is 9.80. The molecule has 1 fully saturated rings. The topological polar surface area (TPSA) is 92.7 Å². The molecule has 1 heterocycles. The molecular formula is C22H25NO5S. The Morgan fingerprint density at radius 3 is 2.38 bits per heavy atom. The van der Waals surface area contributed by atoms with E-state index in [0.717, 1.165) is 18.4 Å². The molecule has 0 saturated heterocycles. The molecular weight excluding hydrogens is 390 g/mol. The number of amides is 1. The number of benzene rings is 1. The normalized spacial score (nSPS) is 19.0. The number of aliphatic carboxylic acids is 1. The van der Waals surface area contributed by atoms with Crippen molar-refractivity contribution in [3.8, 4) is 11.1 Å². The van der Waals surface area contributed by atoms with Gasteiger partial charge in [0.15, 0.2) is 0 Å². The quantitative estimate of drug-likeness (QED) is 0.661. The van der Waals surface area contributed by atoms with E-state index in [1.165, 1.54) is 11.3 Å². The zero-order valence-electron chi connectivity index (χ0n) is 16.5. The monoisotopic (exact) mass is 415 g/mol. The Kier molecular flexibility index (Phi) is 6.69. The average molecular weight is 416 g/mol. The zero-order valence-corrected chi connectivity index (χ0v) is 17.3. The van der Waals surface area contributed by atoms with Crippen LogP contribution in [0.2, 0.25) is 0 Å². The first-order valence-corrected chi connectivity index (χ1v) is 10.7. The van der Waals surface area contributed by atoms with Gasteiger partial charge in [-0.3, -0.25) is 9.59 Å². The van der Waals surface area contributed by atoms with Crippen molar-refractivity contribution in [3.05, 3.63) is 41.3 Å². The van der Waals surface area contributed by atoms with E-state index in [-0.39, 0.29) is 12.0 Å². The number of thiophene rings is 1. The molecule has 0 unspecified atom stereocenters. The van der Waals surface area contributed by atoms with Gasteiger partial charge in [0, 0.05) is 10.9 Å². The molecule has 1 aromatic carbocycles. The fourth-order valence-corrected chi connectivity index (χ4v) is 4.66. The van der Waals surface area contributed by atoms with Gasteiger partial charge in [0.05, 0.1) is 17.9 Å². The number of hydrogen-bond donors (Lipinski definition) is 2. The van der Waals surface area contributed by atoms with Crippen molar-refractivity contribution in [3.63, 3.8) is 0 Å². The Hall–Kier alpha value is -2.67. The molecule has 29 heavy (non-hydrogen) atoms. The van der Waals surface area contributed by atoms with E-state index in [1.54, 1.807) is 13.8 Å². The van der Waals surface area contributed by atoms with E-state index in [9.17, 15) is 19.5 Å². The molecule has 1 aliphatic rings. The predicted molar refractivity (Wildman–Crippen MR) is 112 cm³/mol. The third-order valence-corrected chi connectivity index (χ3v) is 5.97. The van der Waals surface area contributed by atoms with Gasteiger partial charge in [0.2, 0.25) is 5.91 Å². The summed E-state index contributed by atoms with van der Waals surface area (Å²) >= 11 is 1.25. The van der Waals surface area contributed by atoms with E-state index in [2.05, 4.69) is 5.32 Å². The predicted octanol–water partition coefficient (Wildman–Crippen LogP) is 4.81. The Morgan fingerprint density at radius 2 is 1.76 bits per heavy atom. The van der Waals surface area contributed by atoms with Gasteiger partial charge in [-0.1, -0.05) is 43.2 Å². The number of carbonyl (C=O) groups excluding carboxylic acids is 2. The second kappa shape index (κ2) is 9.22. The zero-order chi connectivity index (χ0) is 21.0. The van der Waals surface area contributed by atoms with Crippen LogP contribution in [-0.4, -0.2) is 29.1 Å². The number of hydrogen-bond acceptors (Lipinski definition) is 5. The number of ether oxygens (including phenoxy) is 1. The third kappa shape index (κ3) is 4.85. The van der Waals surface area contributed by atoms with Crippen LogP contribution in [0, 0.1) is 11.8 Å². The van der Waals surface area contributed by atoms with Crippen LogP contribution in [0.3, 0.4) is 0 Å². The largest absolute Gasteiger partial charge is 0.481 e. The van der Waals surface area contributed by atoms with E-state index in [4.69, 9.17) is 4.74 Å². The number of rotatable bonds is 6. The SMILES string of the molecule is CC(C)OC(=O)c1c(-c2ccccc2)csc1NC(=O)[C@@H]1CCCC[C@@H]1C(=O)O. The van der Waals surface area contributed by atoms with Gasteiger partial charge in [-0.05, 0) is 32.3 Å². The third-order valence-electron chi connectivity index (χ3n) is 5.08. The molecule has 1 saturated carbocycles. The number of nitrogens with one attached hydrogen (secondary N) is 1. The van der Waals surface area contributed by atoms with Crippen LogP contribution in [0.1, 0.15) is 49.9 Å². The van der Waals surface area contributed by atoms with Crippen molar-refractivity contribution in [1.29, 1.82) is 0 Å². The van der Waals surface area contributed by atoms with Crippen LogP contribution in [0.15, 0.2) is 35.7 Å². The Labute approximate surface area is 173 Å². The molecule has 2 atom stereocenters. The maximum atomic E-state index is 12.9. The highest BCUT2D eigenvalue weighted by atomic mass is 32.1. The van der Waals surface area contributed by atoms with Crippen LogP contribution in [0.5, 0.6) is 0 Å². The summed E-state index contributed by atoms with van der Waals surface area (Å²) in [6.07, 6.45) is 2.36. The lowest BCUT2D eigenvalue weighted by Crippen LogP contribution is -2.36. The number of carbonyl (C=O) groups is 3. The molecule has 1 aromatic heterocycles. The van der Waals surface area contributed by atoms with Gasteiger partial charge in [-0.2, -0.15) is 0 Å². The van der Waals surface area contributed by atoms with Crippen molar-refractivity contribution in [2.24, 2.45) is 11.8 Å². The molecule has 2 N–H and O–H groups in total. The summed E-state index contributed by atoms with van der Waals surface area (Å²) in [6.45, 7) is 3.54. The summed E-state index contributed by atoms with van der Waals surface area (Å²) in [7, 11) is 0. The van der Waals surface area contributed by atoms with Crippen LogP contribution in [-0.2, 0) is 14.3 Å². The van der Waals surface area contributed by atoms with Crippen molar-refractivity contribution < 1.29 is 24.2 Å². The fourth-order valence-electron chi connectivity index (χ4n) is 3.70. The summed E-state index contributed by atoms with van der Waals surface area (Å²) < 4.78 is 5.41. The molecule has 2 aromatic rings. The molecule has 7 heteroatoms. The summed E-state index contributed by atoms with van der Waals surface area (Å²) in [6, 6.07) is 9.42. The number of carboxylic acid groups (broad SMARTS) is 1. The van der Waals surface area contributed by atoms with Gasteiger partial charge in [-0.25, -0.2) is 4.79 Å². The lowest BCUT2D eigenvalue weighted by Gasteiger charge is -2.27. The van der Waals surface area contributed by atoms with Gasteiger partial charge in [0.25, 0.3) is 0 Å². The van der Waals surface area contributed by atoms with Gasteiger partial charge in [0.1, 0.15) is 10.6 Å². The van der Waals surface area contributed by atoms with Crippen LogP contribution in [0.4, 0.5) is 5.00 Å². The van der Waals surface area contributed by atoms with Gasteiger partial charge < -0.3 is 15.2 Å². The summed E-state index contributed by atoms with van der Waals surface area (Å²) in [4.78, 5) is 37.3. The van der Waals surface area contributed by atoms with Gasteiger partial charge >= 0.3 is 11.9 Å². The molecule has 3 rings (SSSR count). The lowest BCUT2D eigenvalue weighted by atomic mass is 9.79. The highest BCUT2D eigenvalue weighted by Gasteiger charge is 2.36. The molecule has 6 nitrogen and oxygen atoms in total. The first-order chi connectivity index (χ1) is 13.9. The fraction of sp³-hybridized carbons (Fsp3) is 0.409. The van der Waals surface area contributed by atoms with Crippen LogP contribution < -0.4 is 5.32 Å². The van der Waals surface area contributed by atoms with Gasteiger partial charge in [-0.15, -0.1) is 11.3 Å². The minimum atomic E-state index is -0.944. The Morgan fingerprint density at radius 1 is 1.10 bits per heavy atom. The van der Waals surface area contributed by atoms with E-state index in [1.807, 2.05) is 35.7 Å². The van der Waals surface area contributed by atoms with Crippen molar-refractivity contribution in [2.75, 3.05) is 5.32 Å². The van der Waals surface area contributed by atoms with E-state index < -0.39 is 23.8 Å². The minimum absolute atomic E-state index is 0.302. The number of anilines is 1. The molecule has 0 spiro atoms. The molecule has 1 amide bonds. The van der Waals surface area contributed by atoms with Crippen LogP contribution in [0.25, 0.3) is 11.1 Å². The van der Waals surface area contributed by atoms with Crippen LogP contribution >= 0.6 is 11.3 Å². The van der Waals surface area contributed by atoms with E-state index in [0.29, 0.717) is 29.0 Å². The molecule has 154 valence electrons. The number of carboxylic acids is 1. The molecule has 0 radical (unpaired) electrons. The van der Waals surface area contributed by atoms with E-state index >= 15 is 0 Å². The Bertz CT molecular complexity index is 890. The summed E-state index contributed by atoms with van der Waals surface area (Å²) in [5, 5.41) is 14.5. The highest BCUT2D eigenvalue weighted by molar-refractivity contribution is 7.15. The lowest BCUT2D eigenvalue weighted by molar-refractivity contribution is -0.147. The maximum Gasteiger partial charge on any atom is 0.342 e. The van der Waals surface area contributed by atoms with Crippen molar-refractivity contribution >= 4 is 34.2 Å². The summed E-state index contributed by atoms with van der Waals surface area (Å²) in [5.74, 6) is -3.09. The minimum Gasteiger partial charge on any atom is -0.481 e.